The molecule has 8 N–H and O–H groups in total. The number of anilines is 2. The van der Waals surface area contributed by atoms with Crippen LogP contribution in [-0.2, 0) is 33.9 Å². The molecule has 0 aliphatic carbocycles. The van der Waals surface area contributed by atoms with Crippen molar-refractivity contribution in [3.05, 3.63) is 46.3 Å². The number of amides is 2. The van der Waals surface area contributed by atoms with E-state index in [2.05, 4.69) is 20.2 Å². The largest absolute Gasteiger partial charge is 0.512 e. The topological polar surface area (TPSA) is 275 Å². The Morgan fingerprint density at radius 3 is 2.66 bits per heavy atom. The van der Waals surface area contributed by atoms with Crippen LogP contribution in [0.1, 0.15) is 16.1 Å². The maximum atomic E-state index is 13.1. The van der Waals surface area contributed by atoms with Crippen molar-refractivity contribution in [1.82, 2.24) is 15.2 Å². The fourth-order valence-corrected chi connectivity index (χ4v) is 6.74. The molecular weight excluding hydrogens is 646 g/mol. The Labute approximate surface area is 257 Å². The van der Waals surface area contributed by atoms with Crippen molar-refractivity contribution in [3.63, 3.8) is 0 Å². The van der Waals surface area contributed by atoms with Crippen molar-refractivity contribution >= 4 is 73.6 Å². The van der Waals surface area contributed by atoms with Crippen LogP contribution in [0.15, 0.2) is 40.2 Å². The number of esters is 1. The molecule has 1 unspecified atom stereocenters. The highest BCUT2D eigenvalue weighted by molar-refractivity contribution is 8.00. The first-order valence-corrected chi connectivity index (χ1v) is 15.8. The zero-order valence-corrected chi connectivity index (χ0v) is 25.0. The van der Waals surface area contributed by atoms with Crippen LogP contribution in [0.5, 0.6) is 5.75 Å². The molecule has 1 aromatic carbocycles. The lowest BCUT2D eigenvalue weighted by Crippen LogP contribution is -2.70. The van der Waals surface area contributed by atoms with E-state index in [0.717, 1.165) is 40.1 Å². The number of phenolic OH excluding ortho intramolecular Hbond substituents is 1. The summed E-state index contributed by atoms with van der Waals surface area (Å²) in [4.78, 5) is 59.8. The highest BCUT2D eigenvalue weighted by Crippen LogP contribution is 2.41. The van der Waals surface area contributed by atoms with Crippen LogP contribution < -0.4 is 21.5 Å². The molecule has 236 valence electrons. The summed E-state index contributed by atoms with van der Waals surface area (Å²) >= 11 is 2.21. The average Bonchev–Trinajstić information content (AvgIpc) is 3.39. The predicted octanol–water partition coefficient (Wildman–Crippen LogP) is -0.355. The van der Waals surface area contributed by atoms with Gasteiger partial charge >= 0.3 is 12.1 Å². The highest BCUT2D eigenvalue weighted by atomic mass is 32.2. The van der Waals surface area contributed by atoms with Crippen LogP contribution in [0.4, 0.5) is 15.6 Å². The number of aromatic nitrogens is 1. The van der Waals surface area contributed by atoms with Gasteiger partial charge in [0.25, 0.3) is 11.8 Å². The van der Waals surface area contributed by atoms with E-state index in [4.69, 9.17) is 25.8 Å². The number of oxime groups is 1. The summed E-state index contributed by atoms with van der Waals surface area (Å²) < 4.78 is 36.1. The lowest BCUT2D eigenvalue weighted by molar-refractivity contribution is -0.148. The van der Waals surface area contributed by atoms with Gasteiger partial charge < -0.3 is 41.3 Å². The molecule has 1 saturated heterocycles. The number of nitrogen functional groups attached to an aromatic ring is 1. The zero-order chi connectivity index (χ0) is 32.2. The molecule has 21 heteroatoms. The molecule has 0 saturated carbocycles. The quantitative estimate of drug-likeness (QED) is 0.0553. The Morgan fingerprint density at radius 1 is 1.30 bits per heavy atom. The summed E-state index contributed by atoms with van der Waals surface area (Å²) in [7, 11) is -2.60. The Bertz CT molecular complexity index is 1660. The van der Waals surface area contributed by atoms with Gasteiger partial charge in [0, 0.05) is 23.3 Å². The number of thiazole rings is 1. The molecule has 0 spiro atoms. The van der Waals surface area contributed by atoms with Crippen molar-refractivity contribution in [2.24, 2.45) is 10.9 Å². The number of hydrogen-bond acceptors (Lipinski definition) is 16. The number of carbonyl (C=O) groups is 4. The molecule has 0 bridgehead atoms. The van der Waals surface area contributed by atoms with Crippen LogP contribution in [0.2, 0.25) is 0 Å². The fraction of sp³-hybridized carbons (Fsp3) is 0.304. The van der Waals surface area contributed by atoms with Gasteiger partial charge in [0.15, 0.2) is 10.8 Å². The SMILES string of the molecule is CON=C(C(=O)NC1C(=O)N2C(OC(=O)O)=C(COC(=O)c3ccc(NS(=O)(=O)CCN)c(O)c3)CS[C@@H]12)c1csc(N)n1. The molecule has 4 rings (SSSR count). The van der Waals surface area contributed by atoms with Crippen molar-refractivity contribution in [2.75, 3.05) is 42.2 Å². The Morgan fingerprint density at radius 2 is 2.05 bits per heavy atom. The number of thioether (sulfide) groups is 1. The third-order valence-corrected chi connectivity index (χ3v) is 9.21. The van der Waals surface area contributed by atoms with Crippen LogP contribution in [0.25, 0.3) is 0 Å². The Hall–Kier alpha value is -4.60. The first-order valence-electron chi connectivity index (χ1n) is 12.3. The molecule has 2 aliphatic rings. The van der Waals surface area contributed by atoms with Gasteiger partial charge in [-0.15, -0.1) is 23.1 Å². The summed E-state index contributed by atoms with van der Waals surface area (Å²) in [6, 6.07) is 2.24. The monoisotopic (exact) mass is 671 g/mol. The van der Waals surface area contributed by atoms with E-state index < -0.39 is 57.7 Å². The summed E-state index contributed by atoms with van der Waals surface area (Å²) in [5, 5.41) is 26.6. The number of nitrogens with one attached hydrogen (secondary N) is 2. The number of rotatable bonds is 12. The van der Waals surface area contributed by atoms with E-state index in [0.29, 0.717) is 0 Å². The normalized spacial score (nSPS) is 18.2. The second-order valence-electron chi connectivity index (χ2n) is 8.85. The molecule has 44 heavy (non-hydrogen) atoms. The number of aromatic hydroxyl groups is 1. The molecule has 3 heterocycles. The molecule has 1 fully saturated rings. The number of sulfonamides is 1. The maximum Gasteiger partial charge on any atom is 0.512 e. The summed E-state index contributed by atoms with van der Waals surface area (Å²) in [6.07, 6.45) is -1.73. The van der Waals surface area contributed by atoms with E-state index >= 15 is 0 Å². The second kappa shape index (κ2) is 13.4. The third-order valence-electron chi connectivity index (χ3n) is 5.89. The van der Waals surface area contributed by atoms with Gasteiger partial charge in [0.05, 0.1) is 17.0 Å². The first kappa shape index (κ1) is 32.3. The summed E-state index contributed by atoms with van der Waals surface area (Å²) in [5.74, 6) is -3.71. The molecule has 0 radical (unpaired) electrons. The average molecular weight is 672 g/mol. The number of fused-ring (bicyclic) bond motifs is 1. The van der Waals surface area contributed by atoms with Gasteiger partial charge in [-0.2, -0.15) is 0 Å². The maximum absolute atomic E-state index is 13.1. The van der Waals surface area contributed by atoms with Crippen LogP contribution >= 0.6 is 23.1 Å². The van der Waals surface area contributed by atoms with Crippen molar-refractivity contribution < 1.29 is 52.1 Å². The highest BCUT2D eigenvalue weighted by Gasteiger charge is 2.54. The smallest absolute Gasteiger partial charge is 0.506 e. The van der Waals surface area contributed by atoms with Crippen LogP contribution in [0, 0.1) is 0 Å². The minimum absolute atomic E-state index is 0.0471. The number of phenols is 1. The van der Waals surface area contributed by atoms with Gasteiger partial charge in [0.1, 0.15) is 36.6 Å². The third kappa shape index (κ3) is 7.12. The summed E-state index contributed by atoms with van der Waals surface area (Å²) in [5.41, 5.74) is 10.6. The molecule has 2 amide bonds. The number of β-lactam (4-membered cyclic amide) rings is 1. The van der Waals surface area contributed by atoms with Crippen molar-refractivity contribution in [1.29, 1.82) is 0 Å². The Kier molecular flexibility index (Phi) is 9.81. The number of nitrogens with two attached hydrogens (primary N) is 2. The van der Waals surface area contributed by atoms with E-state index in [1.54, 1.807) is 0 Å². The number of hydrogen-bond donors (Lipinski definition) is 6. The second-order valence-corrected chi connectivity index (χ2v) is 12.7. The molecule has 2 atom stereocenters. The number of ether oxygens (including phenoxy) is 2. The minimum atomic E-state index is -3.81. The number of nitrogens with zero attached hydrogens (tertiary/aromatic N) is 3. The fourth-order valence-electron chi connectivity index (χ4n) is 3.97. The number of carboxylic acid groups (broad SMARTS) is 1. The van der Waals surface area contributed by atoms with E-state index in [-0.39, 0.29) is 57.3 Å². The zero-order valence-electron chi connectivity index (χ0n) is 22.6. The molecule has 1 aromatic heterocycles. The van der Waals surface area contributed by atoms with Gasteiger partial charge in [-0.05, 0) is 18.2 Å². The molecule has 2 aromatic rings. The van der Waals surface area contributed by atoms with Gasteiger partial charge in [-0.3, -0.25) is 19.2 Å². The number of carbonyl (C=O) groups excluding carboxylic acids is 3. The standard InChI is InChI=1S/C23H25N7O11S3/c1-39-28-15(13-9-43-22(25)26-13)17(32)27-16-18(33)30-19(41-23(35)36)11(8-42-20(16)30)7-40-21(34)10-2-3-12(14(31)6-10)29-44(37,38)5-4-24/h2-3,6,9,16,20,29,31H,4-5,7-8,24H2,1H3,(H2,25,26)(H,27,32)(H,35,36)/t16?,20-/m0/s1. The molecule has 2 aliphatic heterocycles. The van der Waals surface area contributed by atoms with Crippen LogP contribution in [-0.4, -0.2) is 101 Å². The lowest BCUT2D eigenvalue weighted by Gasteiger charge is -2.49. The van der Waals surface area contributed by atoms with Gasteiger partial charge in [-0.1, -0.05) is 5.16 Å². The van der Waals surface area contributed by atoms with Crippen molar-refractivity contribution in [2.45, 2.75) is 11.4 Å². The van der Waals surface area contributed by atoms with Gasteiger partial charge in [0.2, 0.25) is 15.9 Å². The van der Waals surface area contributed by atoms with Crippen LogP contribution in [0.3, 0.4) is 0 Å². The van der Waals surface area contributed by atoms with E-state index in [1.165, 1.54) is 18.6 Å². The lowest BCUT2D eigenvalue weighted by atomic mass is 10.1. The van der Waals surface area contributed by atoms with Crippen molar-refractivity contribution in [3.8, 4) is 5.75 Å². The van der Waals surface area contributed by atoms with Gasteiger partial charge in [-0.25, -0.2) is 23.0 Å². The number of benzene rings is 1. The van der Waals surface area contributed by atoms with E-state index in [1.807, 2.05) is 0 Å². The molecule has 18 nitrogen and oxygen atoms in total. The Balaban J connectivity index is 1.45. The predicted molar refractivity (Wildman–Crippen MR) is 156 cm³/mol. The van der Waals surface area contributed by atoms with E-state index in [9.17, 15) is 37.8 Å². The minimum Gasteiger partial charge on any atom is -0.506 e. The summed E-state index contributed by atoms with van der Waals surface area (Å²) in [6.45, 7) is -0.641. The molecular formula is C23H25N7O11S3. The first-order chi connectivity index (χ1) is 20.8.